The fourth-order valence-corrected chi connectivity index (χ4v) is 3.45. The number of nitrogens with one attached hydrogen (secondary N) is 1. The van der Waals surface area contributed by atoms with Gasteiger partial charge in [-0.15, -0.1) is 0 Å². The lowest BCUT2D eigenvalue weighted by molar-refractivity contribution is -0.115. The van der Waals surface area contributed by atoms with Crippen LogP contribution in [0.4, 0.5) is 0 Å². The number of hydrogen-bond acceptors (Lipinski definition) is 7. The molecule has 3 N–H and O–H groups in total. The van der Waals surface area contributed by atoms with Gasteiger partial charge in [-0.1, -0.05) is 6.07 Å². The highest BCUT2D eigenvalue weighted by molar-refractivity contribution is 6.00. The summed E-state index contributed by atoms with van der Waals surface area (Å²) in [7, 11) is 1.85. The highest BCUT2D eigenvalue weighted by Gasteiger charge is 2.16. The third-order valence-corrected chi connectivity index (χ3v) is 5.06. The van der Waals surface area contributed by atoms with Crippen LogP contribution in [0.3, 0.4) is 0 Å². The van der Waals surface area contributed by atoms with Gasteiger partial charge in [0, 0.05) is 24.6 Å². The summed E-state index contributed by atoms with van der Waals surface area (Å²) in [6.45, 7) is 4.07. The number of nitrogens with two attached hydrogens (primary N) is 1. The molecule has 0 unspecified atom stereocenters. The van der Waals surface area contributed by atoms with Gasteiger partial charge in [0.25, 0.3) is 0 Å². The molecule has 0 aliphatic carbocycles. The van der Waals surface area contributed by atoms with Gasteiger partial charge in [-0.25, -0.2) is 9.67 Å². The van der Waals surface area contributed by atoms with Crippen molar-refractivity contribution in [3.05, 3.63) is 47.4 Å². The highest BCUT2D eigenvalue weighted by atomic mass is 16.5. The molecule has 3 heterocycles. The van der Waals surface area contributed by atoms with Gasteiger partial charge >= 0.3 is 0 Å². The lowest BCUT2D eigenvalue weighted by Crippen LogP contribution is -2.16. The van der Waals surface area contributed by atoms with Crippen molar-refractivity contribution < 1.29 is 14.3 Å². The number of carbonyl (C=O) groups excluding carboxylic acids is 1. The molecular formula is C23H26N6O3. The molecule has 0 radical (unpaired) electrons. The Morgan fingerprint density at radius 3 is 2.84 bits per heavy atom. The second kappa shape index (κ2) is 9.09. The van der Waals surface area contributed by atoms with Crippen LogP contribution in [0.5, 0.6) is 5.88 Å². The average molecular weight is 435 g/mol. The molecule has 0 amide bonds. The molecule has 0 saturated carbocycles. The Kier molecular flexibility index (Phi) is 6.07. The summed E-state index contributed by atoms with van der Waals surface area (Å²) in [6, 6.07) is 6.02. The Hall–Kier alpha value is -3.88. The number of aryl methyl sites for hydroxylation is 1. The number of Topliss-reactive ketones (excluding diaryl/α,β-unsaturated/α-hetero) is 1. The van der Waals surface area contributed by atoms with Crippen LogP contribution in [0.25, 0.3) is 28.1 Å². The van der Waals surface area contributed by atoms with Crippen molar-refractivity contribution in [3.8, 4) is 17.0 Å². The first-order valence-electron chi connectivity index (χ1n) is 10.4. The van der Waals surface area contributed by atoms with E-state index in [1.165, 1.54) is 6.92 Å². The van der Waals surface area contributed by atoms with Crippen molar-refractivity contribution in [2.75, 3.05) is 19.8 Å². The number of aromatic amines is 1. The van der Waals surface area contributed by atoms with Gasteiger partial charge in [0.2, 0.25) is 11.8 Å². The van der Waals surface area contributed by atoms with Crippen molar-refractivity contribution in [2.45, 2.75) is 20.3 Å². The van der Waals surface area contributed by atoms with Crippen molar-refractivity contribution in [1.29, 1.82) is 0 Å². The van der Waals surface area contributed by atoms with E-state index < -0.39 is 0 Å². The molecule has 0 atom stereocenters. The number of nitrogens with zero attached hydrogens (tertiary/aromatic N) is 4. The largest absolute Gasteiger partial charge is 0.477 e. The van der Waals surface area contributed by atoms with Gasteiger partial charge in [0.15, 0.2) is 5.78 Å². The smallest absolute Gasteiger partial charge is 0.219 e. The number of ether oxygens (including phenoxy) is 2. The average Bonchev–Trinajstić information content (AvgIpc) is 3.33. The van der Waals surface area contributed by atoms with Crippen molar-refractivity contribution in [2.24, 2.45) is 17.8 Å². The molecule has 9 heteroatoms. The normalized spacial score (nSPS) is 18.4. The van der Waals surface area contributed by atoms with Crippen molar-refractivity contribution in [1.82, 2.24) is 20.0 Å². The van der Waals surface area contributed by atoms with Crippen LogP contribution in [0.2, 0.25) is 0 Å². The van der Waals surface area contributed by atoms with E-state index in [1.807, 2.05) is 31.3 Å². The molecule has 1 aliphatic rings. The first-order chi connectivity index (χ1) is 15.4. The molecule has 0 saturated heterocycles. The highest BCUT2D eigenvalue weighted by Crippen LogP contribution is 2.32. The lowest BCUT2D eigenvalue weighted by Gasteiger charge is -2.13. The Morgan fingerprint density at radius 2 is 2.06 bits per heavy atom. The second-order valence-electron chi connectivity index (χ2n) is 7.66. The number of benzene rings is 1. The first kappa shape index (κ1) is 21.4. The van der Waals surface area contributed by atoms with Gasteiger partial charge in [-0.3, -0.25) is 9.89 Å². The molecule has 0 spiro atoms. The third-order valence-electron chi connectivity index (χ3n) is 5.06. The number of aliphatic imine (C=N–C) groups is 1. The predicted octanol–water partition coefficient (Wildman–Crippen LogP) is 3.00. The number of fused-ring (bicyclic) bond motifs is 3. The number of hydrogen-bond donors (Lipinski definition) is 2. The maximum absolute atomic E-state index is 11.5. The summed E-state index contributed by atoms with van der Waals surface area (Å²) in [6.07, 6.45) is 6.13. The summed E-state index contributed by atoms with van der Waals surface area (Å²) >= 11 is 0. The second-order valence-corrected chi connectivity index (χ2v) is 7.66. The number of H-pyrrole nitrogens is 1. The molecule has 4 rings (SSSR count). The van der Waals surface area contributed by atoms with Gasteiger partial charge in [-0.05, 0) is 43.7 Å². The fourth-order valence-electron chi connectivity index (χ4n) is 3.45. The Morgan fingerprint density at radius 1 is 1.25 bits per heavy atom. The van der Waals surface area contributed by atoms with Gasteiger partial charge in [0.1, 0.15) is 6.54 Å². The van der Waals surface area contributed by atoms with Gasteiger partial charge in [-0.2, -0.15) is 10.2 Å². The lowest BCUT2D eigenvalue weighted by atomic mass is 10.0. The molecule has 166 valence electrons. The summed E-state index contributed by atoms with van der Waals surface area (Å²) in [5, 5.41) is 12.8. The quantitative estimate of drug-likeness (QED) is 0.640. The topological polar surface area (TPSA) is 120 Å². The van der Waals surface area contributed by atoms with Crippen molar-refractivity contribution in [3.63, 3.8) is 0 Å². The van der Waals surface area contributed by atoms with E-state index in [9.17, 15) is 4.79 Å². The third kappa shape index (κ3) is 4.41. The molecular weight excluding hydrogens is 408 g/mol. The molecule has 9 nitrogen and oxygen atoms in total. The van der Waals surface area contributed by atoms with E-state index in [2.05, 4.69) is 26.4 Å². The minimum atomic E-state index is -0.0610. The monoisotopic (exact) mass is 434 g/mol. The van der Waals surface area contributed by atoms with E-state index in [0.29, 0.717) is 42.7 Å². The van der Waals surface area contributed by atoms with Gasteiger partial charge in [0.05, 0.1) is 41.8 Å². The summed E-state index contributed by atoms with van der Waals surface area (Å²) in [4.78, 5) is 15.9. The molecule has 3 aromatic rings. The van der Waals surface area contributed by atoms with Crippen LogP contribution in [0, 0.1) is 0 Å². The summed E-state index contributed by atoms with van der Waals surface area (Å²) in [5.41, 5.74) is 10.8. The fraction of sp³-hybridized carbons (Fsp3) is 0.304. The predicted molar refractivity (Wildman–Crippen MR) is 123 cm³/mol. The van der Waals surface area contributed by atoms with Crippen LogP contribution in [-0.2, 0) is 16.6 Å². The molecule has 1 aromatic carbocycles. The van der Waals surface area contributed by atoms with Crippen LogP contribution in [0.1, 0.15) is 26.0 Å². The van der Waals surface area contributed by atoms with Crippen LogP contribution >= 0.6 is 0 Å². The standard InChI is InChI=1S/C23H26N6O3/c1-14(30)12-25-22-17(15(2)24)6-8-21-18-11-16(5-7-20(18)27-28-21)19-13-26-29(3)23(19)32-10-4-9-31-22/h5-8,11,13H,4,9-10,12,24H2,1-3H3,(H,27,28)/b8-6+,17-15-,25-22?. The Balaban J connectivity index is 1.83. The molecule has 0 fully saturated rings. The van der Waals surface area contributed by atoms with Gasteiger partial charge < -0.3 is 15.2 Å². The zero-order chi connectivity index (χ0) is 22.7. The van der Waals surface area contributed by atoms with E-state index >= 15 is 0 Å². The number of carbonyl (C=O) groups is 1. The maximum atomic E-state index is 11.5. The van der Waals surface area contributed by atoms with Crippen molar-refractivity contribution >= 4 is 28.7 Å². The van der Waals surface area contributed by atoms with Crippen LogP contribution in [0.15, 0.2) is 46.7 Å². The number of rotatable bonds is 2. The first-order valence-corrected chi connectivity index (χ1v) is 10.4. The zero-order valence-corrected chi connectivity index (χ0v) is 18.4. The molecule has 2 bridgehead atoms. The number of allylic oxidation sites excluding steroid dienone is 1. The van der Waals surface area contributed by atoms with E-state index in [-0.39, 0.29) is 12.3 Å². The molecule has 1 aliphatic heterocycles. The molecule has 32 heavy (non-hydrogen) atoms. The Bertz CT molecular complexity index is 1240. The minimum Gasteiger partial charge on any atom is -0.477 e. The SMILES string of the molecule is CC(=O)CN=C1OCCCOc2c(cnn2C)-c2ccc3n[nH]c(c3c2)/C=C/C1=C(\C)N. The van der Waals surface area contributed by atoms with Crippen LogP contribution < -0.4 is 10.5 Å². The van der Waals surface area contributed by atoms with E-state index in [1.54, 1.807) is 17.8 Å². The molecule has 2 aromatic heterocycles. The zero-order valence-electron chi connectivity index (χ0n) is 18.4. The number of ketones is 1. The maximum Gasteiger partial charge on any atom is 0.219 e. The number of aromatic nitrogens is 4. The Labute approximate surface area is 185 Å². The van der Waals surface area contributed by atoms with E-state index in [0.717, 1.165) is 27.7 Å². The summed E-state index contributed by atoms with van der Waals surface area (Å²) < 4.78 is 13.7. The summed E-state index contributed by atoms with van der Waals surface area (Å²) in [5.74, 6) is 0.954. The minimum absolute atomic E-state index is 0.0190. The van der Waals surface area contributed by atoms with E-state index in [4.69, 9.17) is 15.2 Å². The van der Waals surface area contributed by atoms with Crippen LogP contribution in [-0.4, -0.2) is 51.4 Å².